The van der Waals surface area contributed by atoms with Crippen LogP contribution >= 0.6 is 0 Å². The standard InChI is InChI=1S/C14H17N3O4/c1-3-15(4-2)12-9-13(18)16(14(12)19)10-6-5-7-11(8-10)17(20)21/h5-8,12H,3-4,9H2,1-2H3/t12-/m1/s1. The molecule has 0 radical (unpaired) electrons. The number of carbonyl (C=O) groups is 2. The Labute approximate surface area is 122 Å². The normalized spacial score (nSPS) is 18.6. The second kappa shape index (κ2) is 6.01. The summed E-state index contributed by atoms with van der Waals surface area (Å²) in [6, 6.07) is 5.11. The summed E-state index contributed by atoms with van der Waals surface area (Å²) in [5.74, 6) is -0.637. The van der Waals surface area contributed by atoms with Gasteiger partial charge in [0.2, 0.25) is 5.91 Å². The van der Waals surface area contributed by atoms with Crippen LogP contribution in [-0.4, -0.2) is 40.8 Å². The molecule has 1 aromatic rings. The summed E-state index contributed by atoms with van der Waals surface area (Å²) in [5.41, 5.74) is 0.119. The van der Waals surface area contributed by atoms with Gasteiger partial charge in [-0.25, -0.2) is 4.90 Å². The molecule has 7 nitrogen and oxygen atoms in total. The van der Waals surface area contributed by atoms with E-state index in [9.17, 15) is 19.7 Å². The summed E-state index contributed by atoms with van der Waals surface area (Å²) in [5, 5.41) is 10.8. The molecule has 21 heavy (non-hydrogen) atoms. The number of hydrogen-bond donors (Lipinski definition) is 0. The minimum absolute atomic E-state index is 0.114. The van der Waals surface area contributed by atoms with Crippen LogP contribution in [0.1, 0.15) is 20.3 Å². The zero-order valence-corrected chi connectivity index (χ0v) is 12.0. The van der Waals surface area contributed by atoms with Gasteiger partial charge in [-0.3, -0.25) is 24.6 Å². The Bertz CT molecular complexity index is 583. The van der Waals surface area contributed by atoms with Gasteiger partial charge in [0, 0.05) is 12.1 Å². The van der Waals surface area contributed by atoms with E-state index >= 15 is 0 Å². The first-order valence-electron chi connectivity index (χ1n) is 6.84. The van der Waals surface area contributed by atoms with Crippen molar-refractivity contribution in [1.29, 1.82) is 0 Å². The largest absolute Gasteiger partial charge is 0.292 e. The maximum absolute atomic E-state index is 12.5. The molecule has 7 heteroatoms. The van der Waals surface area contributed by atoms with Crippen molar-refractivity contribution < 1.29 is 14.5 Å². The summed E-state index contributed by atoms with van der Waals surface area (Å²) < 4.78 is 0. The molecule has 1 saturated heterocycles. The van der Waals surface area contributed by atoms with Crippen LogP contribution < -0.4 is 4.90 Å². The van der Waals surface area contributed by atoms with E-state index in [0.717, 1.165) is 4.90 Å². The van der Waals surface area contributed by atoms with Crippen LogP contribution in [-0.2, 0) is 9.59 Å². The molecule has 1 heterocycles. The van der Waals surface area contributed by atoms with Gasteiger partial charge < -0.3 is 0 Å². The first-order valence-corrected chi connectivity index (χ1v) is 6.84. The van der Waals surface area contributed by atoms with Crippen LogP contribution in [0.5, 0.6) is 0 Å². The monoisotopic (exact) mass is 291 g/mol. The van der Waals surface area contributed by atoms with Gasteiger partial charge in [-0.15, -0.1) is 0 Å². The van der Waals surface area contributed by atoms with Crippen LogP contribution in [0.4, 0.5) is 11.4 Å². The minimum Gasteiger partial charge on any atom is -0.292 e. The Hall–Kier alpha value is -2.28. The van der Waals surface area contributed by atoms with Crippen molar-refractivity contribution in [3.8, 4) is 0 Å². The Balaban J connectivity index is 2.32. The number of benzene rings is 1. The fourth-order valence-corrected chi connectivity index (χ4v) is 2.58. The van der Waals surface area contributed by atoms with Crippen molar-refractivity contribution in [3.05, 3.63) is 34.4 Å². The number of nitro groups is 1. The molecule has 0 bridgehead atoms. The number of rotatable bonds is 5. The maximum Gasteiger partial charge on any atom is 0.271 e. The molecule has 1 aliphatic rings. The molecule has 2 amide bonds. The molecule has 0 aromatic heterocycles. The third-order valence-corrected chi connectivity index (χ3v) is 3.67. The average Bonchev–Trinajstić information content (AvgIpc) is 2.76. The number of carbonyl (C=O) groups excluding carboxylic acids is 2. The fraction of sp³-hybridized carbons (Fsp3) is 0.429. The Morgan fingerprint density at radius 3 is 2.57 bits per heavy atom. The summed E-state index contributed by atoms with van der Waals surface area (Å²) in [6.45, 7) is 5.19. The molecule has 0 spiro atoms. The zero-order valence-electron chi connectivity index (χ0n) is 12.0. The number of nitrogens with zero attached hydrogens (tertiary/aromatic N) is 3. The number of imide groups is 1. The molecule has 1 fully saturated rings. The number of anilines is 1. The first-order chi connectivity index (χ1) is 9.99. The highest BCUT2D eigenvalue weighted by molar-refractivity contribution is 6.22. The molecule has 1 aromatic carbocycles. The highest BCUT2D eigenvalue weighted by Crippen LogP contribution is 2.28. The van der Waals surface area contributed by atoms with E-state index in [1.807, 2.05) is 18.7 Å². The summed E-state index contributed by atoms with van der Waals surface area (Å²) in [6.07, 6.45) is 0.114. The van der Waals surface area contributed by atoms with Crippen LogP contribution in [0.15, 0.2) is 24.3 Å². The van der Waals surface area contributed by atoms with Crippen molar-refractivity contribution in [2.45, 2.75) is 26.3 Å². The van der Waals surface area contributed by atoms with Crippen molar-refractivity contribution in [3.63, 3.8) is 0 Å². The van der Waals surface area contributed by atoms with Gasteiger partial charge in [0.25, 0.3) is 11.6 Å². The summed E-state index contributed by atoms with van der Waals surface area (Å²) >= 11 is 0. The minimum atomic E-state index is -0.545. The summed E-state index contributed by atoms with van der Waals surface area (Å²) in [4.78, 5) is 37.8. The number of amides is 2. The van der Waals surface area contributed by atoms with Crippen molar-refractivity contribution in [1.82, 2.24) is 4.90 Å². The molecule has 1 atom stereocenters. The van der Waals surface area contributed by atoms with Gasteiger partial charge in [-0.1, -0.05) is 19.9 Å². The lowest BCUT2D eigenvalue weighted by atomic mass is 10.2. The lowest BCUT2D eigenvalue weighted by Crippen LogP contribution is -2.42. The van der Waals surface area contributed by atoms with Crippen LogP contribution in [0.2, 0.25) is 0 Å². The average molecular weight is 291 g/mol. The lowest BCUT2D eigenvalue weighted by Gasteiger charge is -2.24. The molecular weight excluding hydrogens is 274 g/mol. The number of hydrogen-bond acceptors (Lipinski definition) is 5. The Morgan fingerprint density at radius 1 is 1.33 bits per heavy atom. The Morgan fingerprint density at radius 2 is 2.00 bits per heavy atom. The second-order valence-corrected chi connectivity index (χ2v) is 4.79. The van der Waals surface area contributed by atoms with E-state index in [1.165, 1.54) is 24.3 Å². The van der Waals surface area contributed by atoms with Gasteiger partial charge in [0.1, 0.15) is 0 Å². The van der Waals surface area contributed by atoms with Gasteiger partial charge >= 0.3 is 0 Å². The SMILES string of the molecule is CCN(CC)[C@@H]1CC(=O)N(c2cccc([N+](=O)[O-])c2)C1=O. The van der Waals surface area contributed by atoms with E-state index in [4.69, 9.17) is 0 Å². The van der Waals surface area contributed by atoms with Crippen molar-refractivity contribution in [2.75, 3.05) is 18.0 Å². The molecule has 2 rings (SSSR count). The van der Waals surface area contributed by atoms with Gasteiger partial charge in [0.15, 0.2) is 0 Å². The molecule has 112 valence electrons. The van der Waals surface area contributed by atoms with Gasteiger partial charge in [-0.05, 0) is 19.2 Å². The third-order valence-electron chi connectivity index (χ3n) is 3.67. The maximum atomic E-state index is 12.5. The number of non-ortho nitro benzene ring substituents is 1. The number of nitro benzene ring substituents is 1. The summed E-state index contributed by atoms with van der Waals surface area (Å²) in [7, 11) is 0. The van der Waals surface area contributed by atoms with E-state index < -0.39 is 11.0 Å². The van der Waals surface area contributed by atoms with E-state index in [1.54, 1.807) is 0 Å². The smallest absolute Gasteiger partial charge is 0.271 e. The number of likely N-dealkylation sites (N-methyl/N-ethyl adjacent to an activating group) is 1. The molecule has 0 unspecified atom stereocenters. The van der Waals surface area contributed by atoms with Crippen molar-refractivity contribution in [2.24, 2.45) is 0 Å². The molecular formula is C14H17N3O4. The topological polar surface area (TPSA) is 83.8 Å². The van der Waals surface area contributed by atoms with Crippen molar-refractivity contribution >= 4 is 23.2 Å². The van der Waals surface area contributed by atoms with Gasteiger partial charge in [0.05, 0.1) is 23.1 Å². The predicted octanol–water partition coefficient (Wildman–Crippen LogP) is 1.57. The van der Waals surface area contributed by atoms with E-state index in [2.05, 4.69) is 0 Å². The molecule has 0 N–H and O–H groups in total. The third kappa shape index (κ3) is 2.78. The Kier molecular flexibility index (Phi) is 4.32. The van der Waals surface area contributed by atoms with E-state index in [-0.39, 0.29) is 29.6 Å². The molecule has 1 aliphatic heterocycles. The molecule has 0 aliphatic carbocycles. The lowest BCUT2D eigenvalue weighted by molar-refractivity contribution is -0.384. The highest BCUT2D eigenvalue weighted by atomic mass is 16.6. The zero-order chi connectivity index (χ0) is 15.6. The van der Waals surface area contributed by atoms with Crippen LogP contribution in [0, 0.1) is 10.1 Å². The van der Waals surface area contributed by atoms with E-state index in [0.29, 0.717) is 13.1 Å². The first kappa shape index (κ1) is 15.1. The quantitative estimate of drug-likeness (QED) is 0.467. The molecule has 0 saturated carbocycles. The fourth-order valence-electron chi connectivity index (χ4n) is 2.58. The second-order valence-electron chi connectivity index (χ2n) is 4.79. The predicted molar refractivity (Wildman–Crippen MR) is 76.9 cm³/mol. The highest BCUT2D eigenvalue weighted by Gasteiger charge is 2.42. The van der Waals surface area contributed by atoms with Crippen LogP contribution in [0.3, 0.4) is 0 Å². The van der Waals surface area contributed by atoms with Gasteiger partial charge in [-0.2, -0.15) is 0 Å². The van der Waals surface area contributed by atoms with Crippen LogP contribution in [0.25, 0.3) is 0 Å².